The maximum absolute atomic E-state index is 12.4. The molecule has 2 aromatic rings. The number of aryl methyl sites for hydroxylation is 1. The van der Waals surface area contributed by atoms with Crippen LogP contribution in [0.15, 0.2) is 53.4 Å². The fraction of sp³-hybridized carbons (Fsp3) is 0.381. The van der Waals surface area contributed by atoms with Crippen molar-refractivity contribution in [1.29, 1.82) is 0 Å². The van der Waals surface area contributed by atoms with Gasteiger partial charge in [0.05, 0.1) is 6.54 Å². The summed E-state index contributed by atoms with van der Waals surface area (Å²) < 4.78 is 24.7. The van der Waals surface area contributed by atoms with Gasteiger partial charge in [0.25, 0.3) is 5.76 Å². The number of nitrogens with one attached hydrogen (secondary N) is 1. The Morgan fingerprint density at radius 2 is 1.96 bits per heavy atom. The average Bonchev–Trinajstić information content (AvgIpc) is 2.63. The second-order valence-corrected chi connectivity index (χ2v) is 8.13. The van der Waals surface area contributed by atoms with Gasteiger partial charge < -0.3 is 10.2 Å². The molecule has 4 nitrogen and oxygen atoms in total. The van der Waals surface area contributed by atoms with Crippen molar-refractivity contribution in [3.63, 3.8) is 0 Å². The zero-order valence-corrected chi connectivity index (χ0v) is 16.9. The lowest BCUT2D eigenvalue weighted by atomic mass is 10.1. The summed E-state index contributed by atoms with van der Waals surface area (Å²) in [6.45, 7) is 7.08. The van der Waals surface area contributed by atoms with Gasteiger partial charge in [-0.2, -0.15) is 8.78 Å². The van der Waals surface area contributed by atoms with Crippen LogP contribution in [0.25, 0.3) is 0 Å². The number of piperazine rings is 1. The Labute approximate surface area is 168 Å². The highest BCUT2D eigenvalue weighted by Crippen LogP contribution is 2.26. The van der Waals surface area contributed by atoms with Crippen molar-refractivity contribution in [3.8, 4) is 0 Å². The number of rotatable bonds is 6. The average molecular weight is 406 g/mol. The molecule has 28 heavy (non-hydrogen) atoms. The van der Waals surface area contributed by atoms with Crippen molar-refractivity contribution in [2.24, 2.45) is 0 Å². The lowest BCUT2D eigenvalue weighted by molar-refractivity contribution is -0.117. The summed E-state index contributed by atoms with van der Waals surface area (Å²) in [6.07, 6.45) is 0. The molecule has 0 aliphatic carbocycles. The predicted octanol–water partition coefficient (Wildman–Crippen LogP) is 4.46. The van der Waals surface area contributed by atoms with Crippen molar-refractivity contribution in [2.75, 3.05) is 36.4 Å². The van der Waals surface area contributed by atoms with E-state index in [4.69, 9.17) is 0 Å². The minimum atomic E-state index is -2.44. The van der Waals surface area contributed by atoms with Crippen LogP contribution in [0.3, 0.4) is 0 Å². The van der Waals surface area contributed by atoms with Crippen molar-refractivity contribution in [1.82, 2.24) is 4.90 Å². The molecule has 1 fully saturated rings. The van der Waals surface area contributed by atoms with E-state index >= 15 is 0 Å². The van der Waals surface area contributed by atoms with Crippen LogP contribution in [0.5, 0.6) is 0 Å². The SMILES string of the molecule is Cc1cccc(N2CCN(CC(=O)Nc3ccc(SC(F)F)cc3)C[C@@H]2C)c1. The third kappa shape index (κ3) is 5.69. The molecule has 1 amide bonds. The molecule has 0 saturated carbocycles. The molecule has 150 valence electrons. The van der Waals surface area contributed by atoms with Gasteiger partial charge in [-0.15, -0.1) is 0 Å². The van der Waals surface area contributed by atoms with Crippen LogP contribution in [0.4, 0.5) is 20.2 Å². The molecule has 7 heteroatoms. The lowest BCUT2D eigenvalue weighted by Gasteiger charge is -2.41. The summed E-state index contributed by atoms with van der Waals surface area (Å²) in [5.74, 6) is -2.54. The molecule has 1 aliphatic heterocycles. The zero-order valence-electron chi connectivity index (χ0n) is 16.1. The Bertz CT molecular complexity index is 800. The maximum atomic E-state index is 12.4. The summed E-state index contributed by atoms with van der Waals surface area (Å²) in [7, 11) is 0. The molecule has 3 rings (SSSR count). The third-order valence-electron chi connectivity index (χ3n) is 4.78. The largest absolute Gasteiger partial charge is 0.366 e. The molecule has 1 atom stereocenters. The standard InChI is InChI=1S/C21H25F2N3OS/c1-15-4-3-5-18(12-15)26-11-10-25(13-16(26)2)14-20(27)24-17-6-8-19(9-7-17)28-21(22)23/h3-9,12,16,21H,10-11,13-14H2,1-2H3,(H,24,27)/t16-/m0/s1. The summed E-state index contributed by atoms with van der Waals surface area (Å²) in [6, 6.07) is 15.3. The smallest absolute Gasteiger partial charge is 0.288 e. The van der Waals surface area contributed by atoms with Crippen LogP contribution >= 0.6 is 11.8 Å². The summed E-state index contributed by atoms with van der Waals surface area (Å²) >= 11 is 0.495. The van der Waals surface area contributed by atoms with Gasteiger partial charge in [0, 0.05) is 41.9 Å². The van der Waals surface area contributed by atoms with Gasteiger partial charge in [-0.05, 0) is 55.8 Å². The lowest BCUT2D eigenvalue weighted by Crippen LogP contribution is -2.53. The van der Waals surface area contributed by atoms with Crippen LogP contribution in [-0.4, -0.2) is 48.8 Å². The van der Waals surface area contributed by atoms with Crippen molar-refractivity contribution in [3.05, 3.63) is 54.1 Å². The van der Waals surface area contributed by atoms with E-state index in [9.17, 15) is 13.6 Å². The number of alkyl halides is 2. The van der Waals surface area contributed by atoms with Gasteiger partial charge in [-0.3, -0.25) is 9.69 Å². The molecule has 0 spiro atoms. The summed E-state index contributed by atoms with van der Waals surface area (Å²) in [4.78, 5) is 17.4. The minimum Gasteiger partial charge on any atom is -0.366 e. The summed E-state index contributed by atoms with van der Waals surface area (Å²) in [5, 5.41) is 2.84. The van der Waals surface area contributed by atoms with Crippen LogP contribution in [0.1, 0.15) is 12.5 Å². The highest BCUT2D eigenvalue weighted by molar-refractivity contribution is 7.99. The van der Waals surface area contributed by atoms with Gasteiger partial charge in [-0.1, -0.05) is 23.9 Å². The topological polar surface area (TPSA) is 35.6 Å². The first-order valence-electron chi connectivity index (χ1n) is 9.31. The highest BCUT2D eigenvalue weighted by Gasteiger charge is 2.25. The number of hydrogen-bond acceptors (Lipinski definition) is 4. The number of benzene rings is 2. The first kappa shape index (κ1) is 20.6. The predicted molar refractivity (Wildman–Crippen MR) is 111 cm³/mol. The molecular weight excluding hydrogens is 380 g/mol. The number of nitrogens with zero attached hydrogens (tertiary/aromatic N) is 2. The molecule has 1 aliphatic rings. The highest BCUT2D eigenvalue weighted by atomic mass is 32.2. The number of amides is 1. The Balaban J connectivity index is 1.50. The van der Waals surface area contributed by atoms with Crippen molar-refractivity contribution >= 4 is 29.0 Å². The van der Waals surface area contributed by atoms with Crippen LogP contribution in [0.2, 0.25) is 0 Å². The van der Waals surface area contributed by atoms with Crippen LogP contribution in [-0.2, 0) is 4.79 Å². The van der Waals surface area contributed by atoms with E-state index in [0.717, 1.165) is 19.6 Å². The normalized spacial score (nSPS) is 17.8. The van der Waals surface area contributed by atoms with Gasteiger partial charge in [0.2, 0.25) is 5.91 Å². The van der Waals surface area contributed by atoms with E-state index < -0.39 is 5.76 Å². The molecule has 0 aromatic heterocycles. The second-order valence-electron chi connectivity index (χ2n) is 7.07. The van der Waals surface area contributed by atoms with E-state index in [1.165, 1.54) is 11.3 Å². The first-order valence-corrected chi connectivity index (χ1v) is 10.2. The first-order chi connectivity index (χ1) is 13.4. The molecule has 0 radical (unpaired) electrons. The molecule has 1 saturated heterocycles. The zero-order chi connectivity index (χ0) is 20.1. The summed E-state index contributed by atoms with van der Waals surface area (Å²) in [5.41, 5.74) is 3.08. The fourth-order valence-corrected chi connectivity index (χ4v) is 3.99. The minimum absolute atomic E-state index is 0.0922. The van der Waals surface area contributed by atoms with Gasteiger partial charge in [0.15, 0.2) is 0 Å². The molecule has 2 aromatic carbocycles. The third-order valence-corrected chi connectivity index (χ3v) is 5.50. The number of halogens is 2. The Hall–Kier alpha value is -2.12. The van der Waals surface area contributed by atoms with Crippen LogP contribution < -0.4 is 10.2 Å². The Morgan fingerprint density at radius 3 is 2.61 bits per heavy atom. The van der Waals surface area contributed by atoms with E-state index in [1.54, 1.807) is 24.3 Å². The quantitative estimate of drug-likeness (QED) is 0.720. The molecular formula is C21H25F2N3OS. The van der Waals surface area contributed by atoms with Gasteiger partial charge in [0.1, 0.15) is 0 Å². The van der Waals surface area contributed by atoms with E-state index in [-0.39, 0.29) is 5.91 Å². The van der Waals surface area contributed by atoms with Gasteiger partial charge in [-0.25, -0.2) is 0 Å². The number of carbonyl (C=O) groups excluding carboxylic acids is 1. The Morgan fingerprint density at radius 1 is 1.21 bits per heavy atom. The number of hydrogen-bond donors (Lipinski definition) is 1. The maximum Gasteiger partial charge on any atom is 0.288 e. The van der Waals surface area contributed by atoms with E-state index in [1.807, 2.05) is 0 Å². The Kier molecular flexibility index (Phi) is 6.91. The number of thioether (sulfide) groups is 1. The molecule has 1 N–H and O–H groups in total. The van der Waals surface area contributed by atoms with Gasteiger partial charge >= 0.3 is 0 Å². The molecule has 1 heterocycles. The van der Waals surface area contributed by atoms with Crippen molar-refractivity contribution in [2.45, 2.75) is 30.5 Å². The second kappa shape index (κ2) is 9.39. The fourth-order valence-electron chi connectivity index (χ4n) is 3.49. The van der Waals surface area contributed by atoms with E-state index in [2.05, 4.69) is 53.2 Å². The number of carbonyl (C=O) groups is 1. The van der Waals surface area contributed by atoms with Crippen molar-refractivity contribution < 1.29 is 13.6 Å². The molecule has 0 bridgehead atoms. The monoisotopic (exact) mass is 405 g/mol. The van der Waals surface area contributed by atoms with Crippen LogP contribution in [0, 0.1) is 6.92 Å². The van der Waals surface area contributed by atoms with E-state index in [0.29, 0.717) is 34.9 Å². The molecule has 0 unspecified atom stereocenters. The number of anilines is 2.